The van der Waals surface area contributed by atoms with Gasteiger partial charge in [-0.15, -0.1) is 0 Å². The van der Waals surface area contributed by atoms with E-state index in [0.717, 1.165) is 55.6 Å². The highest BCUT2D eigenvalue weighted by Crippen LogP contribution is 2.22. The minimum absolute atomic E-state index is 0.585. The van der Waals surface area contributed by atoms with Gasteiger partial charge < -0.3 is 9.88 Å². The van der Waals surface area contributed by atoms with Gasteiger partial charge in [-0.3, -0.25) is 14.6 Å². The van der Waals surface area contributed by atoms with Crippen molar-refractivity contribution in [2.45, 2.75) is 6.54 Å². The zero-order chi connectivity index (χ0) is 18.9. The molecule has 7 nitrogen and oxygen atoms in total. The molecule has 2 aromatic heterocycles. The SMILES string of the molecule is CS(=O)(=O)Nc1ccc2[nH]c(CN3CCN(c4ccncc4)CC3)cc2c1. The molecular weight excluding hydrogens is 362 g/mol. The van der Waals surface area contributed by atoms with E-state index < -0.39 is 10.0 Å². The monoisotopic (exact) mass is 385 g/mol. The molecule has 8 heteroatoms. The second-order valence-electron chi connectivity index (χ2n) is 6.94. The second kappa shape index (κ2) is 7.21. The summed E-state index contributed by atoms with van der Waals surface area (Å²) in [6, 6.07) is 11.7. The van der Waals surface area contributed by atoms with Crippen molar-refractivity contribution in [3.63, 3.8) is 0 Å². The number of aromatic nitrogens is 2. The van der Waals surface area contributed by atoms with E-state index in [9.17, 15) is 8.42 Å². The molecule has 142 valence electrons. The van der Waals surface area contributed by atoms with Crippen molar-refractivity contribution >= 4 is 32.3 Å². The highest BCUT2D eigenvalue weighted by atomic mass is 32.2. The number of fused-ring (bicyclic) bond motifs is 1. The Hall–Kier alpha value is -2.58. The van der Waals surface area contributed by atoms with Gasteiger partial charge in [0.15, 0.2) is 0 Å². The van der Waals surface area contributed by atoms with Crippen LogP contribution in [0.2, 0.25) is 0 Å². The maximum Gasteiger partial charge on any atom is 0.229 e. The Morgan fingerprint density at radius 1 is 1.07 bits per heavy atom. The number of piperazine rings is 1. The molecule has 27 heavy (non-hydrogen) atoms. The number of hydrogen-bond donors (Lipinski definition) is 2. The highest BCUT2D eigenvalue weighted by molar-refractivity contribution is 7.92. The average molecular weight is 385 g/mol. The lowest BCUT2D eigenvalue weighted by atomic mass is 10.2. The molecule has 1 fully saturated rings. The molecule has 2 N–H and O–H groups in total. The number of H-pyrrole nitrogens is 1. The van der Waals surface area contributed by atoms with E-state index in [0.29, 0.717) is 5.69 Å². The van der Waals surface area contributed by atoms with Crippen molar-refractivity contribution in [1.82, 2.24) is 14.9 Å². The van der Waals surface area contributed by atoms with Gasteiger partial charge in [-0.2, -0.15) is 0 Å². The Balaban J connectivity index is 1.40. The Bertz CT molecular complexity index is 1020. The van der Waals surface area contributed by atoms with Crippen LogP contribution in [-0.4, -0.2) is 55.7 Å². The fourth-order valence-corrected chi connectivity index (χ4v) is 4.07. The molecule has 1 aliphatic heterocycles. The number of sulfonamides is 1. The fraction of sp³-hybridized carbons (Fsp3) is 0.316. The molecular formula is C19H23N5O2S. The van der Waals surface area contributed by atoms with E-state index >= 15 is 0 Å². The first-order valence-corrected chi connectivity index (χ1v) is 10.8. The third kappa shape index (κ3) is 4.40. The maximum absolute atomic E-state index is 11.4. The number of rotatable bonds is 5. The van der Waals surface area contributed by atoms with Crippen molar-refractivity contribution in [1.29, 1.82) is 0 Å². The fourth-order valence-electron chi connectivity index (χ4n) is 3.52. The number of nitrogens with one attached hydrogen (secondary N) is 2. The number of nitrogens with zero attached hydrogens (tertiary/aromatic N) is 3. The van der Waals surface area contributed by atoms with Gasteiger partial charge in [0.05, 0.1) is 6.26 Å². The Morgan fingerprint density at radius 2 is 1.81 bits per heavy atom. The van der Waals surface area contributed by atoms with E-state index in [-0.39, 0.29) is 0 Å². The molecule has 0 atom stereocenters. The van der Waals surface area contributed by atoms with Crippen molar-refractivity contribution in [2.24, 2.45) is 0 Å². The molecule has 0 bridgehead atoms. The van der Waals surface area contributed by atoms with Gasteiger partial charge in [-0.1, -0.05) is 0 Å². The molecule has 4 rings (SSSR count). The van der Waals surface area contributed by atoms with E-state index in [2.05, 4.69) is 42.7 Å². The lowest BCUT2D eigenvalue weighted by Gasteiger charge is -2.35. The van der Waals surface area contributed by atoms with Crippen LogP contribution < -0.4 is 9.62 Å². The van der Waals surface area contributed by atoms with E-state index in [1.165, 1.54) is 5.69 Å². The van der Waals surface area contributed by atoms with Crippen LogP contribution in [0.4, 0.5) is 11.4 Å². The molecule has 3 aromatic rings. The quantitative estimate of drug-likeness (QED) is 0.704. The summed E-state index contributed by atoms with van der Waals surface area (Å²) in [6.45, 7) is 4.84. The van der Waals surface area contributed by atoms with Gasteiger partial charge in [0, 0.05) is 73.1 Å². The van der Waals surface area contributed by atoms with E-state index in [1.54, 1.807) is 6.07 Å². The molecule has 1 aliphatic rings. The van der Waals surface area contributed by atoms with Crippen molar-refractivity contribution in [3.05, 3.63) is 54.5 Å². The van der Waals surface area contributed by atoms with Gasteiger partial charge in [0.25, 0.3) is 0 Å². The van der Waals surface area contributed by atoms with Gasteiger partial charge in [-0.25, -0.2) is 8.42 Å². The van der Waals surface area contributed by atoms with Crippen molar-refractivity contribution in [3.8, 4) is 0 Å². The molecule has 0 spiro atoms. The average Bonchev–Trinajstić information content (AvgIpc) is 3.03. The standard InChI is InChI=1S/C19H23N5O2S/c1-27(25,26)22-16-2-3-19-15(12-16)13-17(21-19)14-23-8-10-24(11-9-23)18-4-6-20-7-5-18/h2-7,12-13,21-22H,8-11,14H2,1H3. The zero-order valence-corrected chi connectivity index (χ0v) is 16.0. The number of anilines is 2. The molecule has 0 amide bonds. The summed E-state index contributed by atoms with van der Waals surface area (Å²) in [5.74, 6) is 0. The van der Waals surface area contributed by atoms with E-state index in [1.807, 2.05) is 24.5 Å². The number of aromatic amines is 1. The smallest absolute Gasteiger partial charge is 0.229 e. The summed E-state index contributed by atoms with van der Waals surface area (Å²) in [4.78, 5) is 12.3. The largest absolute Gasteiger partial charge is 0.369 e. The summed E-state index contributed by atoms with van der Waals surface area (Å²) in [5, 5.41) is 1.01. The van der Waals surface area contributed by atoms with Crippen LogP contribution in [0.15, 0.2) is 48.8 Å². The van der Waals surface area contributed by atoms with Gasteiger partial charge in [0.2, 0.25) is 10.0 Å². The summed E-state index contributed by atoms with van der Waals surface area (Å²) >= 11 is 0. The van der Waals surface area contributed by atoms with Crippen LogP contribution in [-0.2, 0) is 16.6 Å². The topological polar surface area (TPSA) is 81.3 Å². The molecule has 1 saturated heterocycles. The predicted molar refractivity (Wildman–Crippen MR) is 108 cm³/mol. The molecule has 0 unspecified atom stereocenters. The first-order valence-electron chi connectivity index (χ1n) is 8.93. The van der Waals surface area contributed by atoms with Crippen LogP contribution in [0.5, 0.6) is 0 Å². The lowest BCUT2D eigenvalue weighted by molar-refractivity contribution is 0.247. The first-order chi connectivity index (χ1) is 13.0. The normalized spacial score (nSPS) is 16.0. The van der Waals surface area contributed by atoms with Gasteiger partial charge >= 0.3 is 0 Å². The number of benzene rings is 1. The summed E-state index contributed by atoms with van der Waals surface area (Å²) in [5.41, 5.74) is 3.96. The number of pyridine rings is 1. The third-order valence-corrected chi connectivity index (χ3v) is 5.38. The van der Waals surface area contributed by atoms with E-state index in [4.69, 9.17) is 0 Å². The van der Waals surface area contributed by atoms with Crippen LogP contribution in [0.3, 0.4) is 0 Å². The van der Waals surface area contributed by atoms with Crippen LogP contribution in [0, 0.1) is 0 Å². The highest BCUT2D eigenvalue weighted by Gasteiger charge is 2.18. The minimum Gasteiger partial charge on any atom is -0.369 e. The van der Waals surface area contributed by atoms with Gasteiger partial charge in [0.1, 0.15) is 0 Å². The van der Waals surface area contributed by atoms with Crippen LogP contribution in [0.1, 0.15) is 5.69 Å². The molecule has 0 aliphatic carbocycles. The Morgan fingerprint density at radius 3 is 2.52 bits per heavy atom. The van der Waals surface area contributed by atoms with Crippen LogP contribution >= 0.6 is 0 Å². The molecule has 0 saturated carbocycles. The summed E-state index contributed by atoms with van der Waals surface area (Å²) < 4.78 is 25.3. The van der Waals surface area contributed by atoms with Crippen molar-refractivity contribution in [2.75, 3.05) is 42.1 Å². The third-order valence-electron chi connectivity index (χ3n) is 4.77. The van der Waals surface area contributed by atoms with Crippen LogP contribution in [0.25, 0.3) is 10.9 Å². The maximum atomic E-state index is 11.4. The van der Waals surface area contributed by atoms with Crippen molar-refractivity contribution < 1.29 is 8.42 Å². The number of hydrogen-bond acceptors (Lipinski definition) is 5. The zero-order valence-electron chi connectivity index (χ0n) is 15.2. The predicted octanol–water partition coefficient (Wildman–Crippen LogP) is 2.26. The lowest BCUT2D eigenvalue weighted by Crippen LogP contribution is -2.46. The minimum atomic E-state index is -3.27. The molecule has 0 radical (unpaired) electrons. The second-order valence-corrected chi connectivity index (χ2v) is 8.69. The first kappa shape index (κ1) is 17.8. The Labute approximate surface area is 159 Å². The Kier molecular flexibility index (Phi) is 4.75. The molecule has 1 aromatic carbocycles. The summed E-state index contributed by atoms with van der Waals surface area (Å²) in [6.07, 6.45) is 4.82. The summed E-state index contributed by atoms with van der Waals surface area (Å²) in [7, 11) is -3.27. The molecule has 3 heterocycles. The van der Waals surface area contributed by atoms with Gasteiger partial charge in [-0.05, 0) is 36.4 Å².